The second-order valence-corrected chi connectivity index (χ2v) is 6.84. The number of carbonyl (C=O) groups is 1. The van der Waals surface area contributed by atoms with Gasteiger partial charge in [0.05, 0.1) is 23.3 Å². The minimum Gasteiger partial charge on any atom is -0.487 e. The van der Waals surface area contributed by atoms with Crippen molar-refractivity contribution in [3.05, 3.63) is 53.3 Å². The van der Waals surface area contributed by atoms with Crippen LogP contribution in [0.1, 0.15) is 15.5 Å². The largest absolute Gasteiger partial charge is 0.487 e. The monoisotopic (exact) mass is 379 g/mol. The Hall–Kier alpha value is -2.68. The Bertz CT molecular complexity index is 934. The number of hydrogen-bond acceptors (Lipinski definition) is 5. The summed E-state index contributed by atoms with van der Waals surface area (Å²) in [6.45, 7) is 0.608. The highest BCUT2D eigenvalue weighted by atomic mass is 32.1. The van der Waals surface area contributed by atoms with Gasteiger partial charge in [0.1, 0.15) is 17.5 Å². The number of likely N-dealkylation sites (tertiary alicyclic amines) is 1. The molecule has 1 aliphatic rings. The molecule has 134 valence electrons. The first-order valence-electron chi connectivity index (χ1n) is 7.75. The third-order valence-corrected chi connectivity index (χ3v) is 4.96. The summed E-state index contributed by atoms with van der Waals surface area (Å²) >= 11 is 1.32. The van der Waals surface area contributed by atoms with Gasteiger partial charge in [-0.2, -0.15) is 13.2 Å². The van der Waals surface area contributed by atoms with Gasteiger partial charge in [-0.3, -0.25) is 9.78 Å². The fraction of sp³-hybridized carbons (Fsp3) is 0.235. The maximum Gasteiger partial charge on any atom is 0.433 e. The lowest BCUT2D eigenvalue weighted by Crippen LogP contribution is -2.56. The molecular weight excluding hydrogens is 367 g/mol. The van der Waals surface area contributed by atoms with E-state index in [4.69, 9.17) is 4.74 Å². The van der Waals surface area contributed by atoms with Crippen molar-refractivity contribution in [2.75, 3.05) is 13.1 Å². The number of halogens is 3. The van der Waals surface area contributed by atoms with Gasteiger partial charge in [-0.15, -0.1) is 11.3 Å². The predicted octanol–water partition coefficient (Wildman–Crippen LogP) is 3.61. The van der Waals surface area contributed by atoms with Crippen LogP contribution in [0.25, 0.3) is 10.2 Å². The van der Waals surface area contributed by atoms with Crippen LogP contribution < -0.4 is 4.74 Å². The molecular formula is C17H12F3N3O2S. The lowest BCUT2D eigenvalue weighted by Gasteiger charge is -2.38. The summed E-state index contributed by atoms with van der Waals surface area (Å²) in [6, 6.07) is 9.70. The van der Waals surface area contributed by atoms with Crippen LogP contribution in [0.2, 0.25) is 0 Å². The number of rotatable bonds is 3. The second-order valence-electron chi connectivity index (χ2n) is 5.81. The number of fused-ring (bicyclic) bond motifs is 1. The molecule has 1 aliphatic heterocycles. The first-order valence-corrected chi connectivity index (χ1v) is 8.56. The molecule has 0 bridgehead atoms. The van der Waals surface area contributed by atoms with E-state index in [1.165, 1.54) is 17.4 Å². The molecule has 4 rings (SSSR count). The number of benzene rings is 1. The van der Waals surface area contributed by atoms with Crippen molar-refractivity contribution in [3.63, 3.8) is 0 Å². The standard InChI is InChI=1S/C17H12F3N3O2S/c18-17(19,20)14-7-10(5-6-21-14)25-11-8-23(9-11)16(24)15-22-12-3-1-2-4-13(12)26-15/h1-7,11H,8-9H2. The Kier molecular flexibility index (Phi) is 4.03. The normalized spacial score (nSPS) is 15.1. The zero-order valence-electron chi connectivity index (χ0n) is 13.2. The van der Waals surface area contributed by atoms with Crippen LogP contribution in [-0.2, 0) is 6.18 Å². The Morgan fingerprint density at radius 2 is 2.00 bits per heavy atom. The van der Waals surface area contributed by atoms with Crippen LogP contribution in [0.15, 0.2) is 42.6 Å². The van der Waals surface area contributed by atoms with Gasteiger partial charge in [0, 0.05) is 12.3 Å². The highest BCUT2D eigenvalue weighted by Gasteiger charge is 2.36. The second kappa shape index (κ2) is 6.24. The molecule has 2 aromatic heterocycles. The van der Waals surface area contributed by atoms with E-state index in [1.54, 1.807) is 4.90 Å². The molecule has 26 heavy (non-hydrogen) atoms. The van der Waals surface area contributed by atoms with Crippen LogP contribution >= 0.6 is 11.3 Å². The van der Waals surface area contributed by atoms with E-state index in [0.29, 0.717) is 18.1 Å². The summed E-state index contributed by atoms with van der Waals surface area (Å²) in [6.07, 6.45) is -3.81. The van der Waals surface area contributed by atoms with Crippen LogP contribution in [0.3, 0.4) is 0 Å². The quantitative estimate of drug-likeness (QED) is 0.698. The molecule has 3 heterocycles. The maximum atomic E-state index is 12.7. The number of amides is 1. The zero-order valence-corrected chi connectivity index (χ0v) is 14.0. The van der Waals surface area contributed by atoms with Crippen LogP contribution in [-0.4, -0.2) is 40.0 Å². The van der Waals surface area contributed by atoms with Crippen molar-refractivity contribution in [2.24, 2.45) is 0 Å². The summed E-state index contributed by atoms with van der Waals surface area (Å²) in [5.41, 5.74) is -0.234. The van der Waals surface area contributed by atoms with Crippen LogP contribution in [0, 0.1) is 0 Å². The molecule has 0 aliphatic carbocycles. The van der Waals surface area contributed by atoms with Gasteiger partial charge in [-0.1, -0.05) is 12.1 Å². The summed E-state index contributed by atoms with van der Waals surface area (Å²) in [4.78, 5) is 21.6. The number of pyridine rings is 1. The molecule has 1 aromatic carbocycles. The first-order chi connectivity index (χ1) is 12.4. The molecule has 1 amide bonds. The van der Waals surface area contributed by atoms with E-state index in [0.717, 1.165) is 22.5 Å². The Morgan fingerprint density at radius 1 is 1.23 bits per heavy atom. The average Bonchev–Trinajstić information content (AvgIpc) is 3.01. The molecule has 0 spiro atoms. The maximum absolute atomic E-state index is 12.7. The molecule has 0 N–H and O–H groups in total. The number of thiazole rings is 1. The topological polar surface area (TPSA) is 55.3 Å². The van der Waals surface area contributed by atoms with Gasteiger partial charge in [0.2, 0.25) is 0 Å². The lowest BCUT2D eigenvalue weighted by atomic mass is 10.1. The number of ether oxygens (including phenoxy) is 1. The number of para-hydroxylation sites is 1. The van der Waals surface area contributed by atoms with Crippen molar-refractivity contribution < 1.29 is 22.7 Å². The van der Waals surface area contributed by atoms with Crippen molar-refractivity contribution >= 4 is 27.5 Å². The minimum atomic E-state index is -4.52. The Balaban J connectivity index is 1.39. The van der Waals surface area contributed by atoms with E-state index < -0.39 is 11.9 Å². The third-order valence-electron chi connectivity index (χ3n) is 3.94. The Morgan fingerprint density at radius 3 is 2.73 bits per heavy atom. The van der Waals surface area contributed by atoms with Gasteiger partial charge in [-0.25, -0.2) is 4.98 Å². The molecule has 0 atom stereocenters. The smallest absolute Gasteiger partial charge is 0.433 e. The van der Waals surface area contributed by atoms with Crippen LogP contribution in [0.4, 0.5) is 13.2 Å². The van der Waals surface area contributed by atoms with Gasteiger partial charge >= 0.3 is 6.18 Å². The van der Waals surface area contributed by atoms with Crippen molar-refractivity contribution in [1.82, 2.24) is 14.9 Å². The summed E-state index contributed by atoms with van der Waals surface area (Å²) in [5, 5.41) is 0.396. The highest BCUT2D eigenvalue weighted by Crippen LogP contribution is 2.30. The van der Waals surface area contributed by atoms with E-state index >= 15 is 0 Å². The summed E-state index contributed by atoms with van der Waals surface area (Å²) in [7, 11) is 0. The van der Waals surface area contributed by atoms with Crippen molar-refractivity contribution in [1.29, 1.82) is 0 Å². The molecule has 0 radical (unpaired) electrons. The first kappa shape index (κ1) is 16.8. The fourth-order valence-corrected chi connectivity index (χ4v) is 3.54. The lowest BCUT2D eigenvalue weighted by molar-refractivity contribution is -0.141. The Labute approximate surface area is 150 Å². The van der Waals surface area contributed by atoms with E-state index in [-0.39, 0.29) is 17.8 Å². The molecule has 1 saturated heterocycles. The molecule has 1 fully saturated rings. The SMILES string of the molecule is O=C(c1nc2ccccc2s1)N1CC(Oc2ccnc(C(F)(F)F)c2)C1. The summed E-state index contributed by atoms with van der Waals surface area (Å²) in [5.74, 6) is -0.110. The zero-order chi connectivity index (χ0) is 18.3. The van der Waals surface area contributed by atoms with Gasteiger partial charge in [-0.05, 0) is 18.2 Å². The van der Waals surface area contributed by atoms with Gasteiger partial charge < -0.3 is 9.64 Å². The summed E-state index contributed by atoms with van der Waals surface area (Å²) < 4.78 is 44.4. The molecule has 0 unspecified atom stereocenters. The van der Waals surface area contributed by atoms with E-state index in [2.05, 4.69) is 9.97 Å². The third kappa shape index (κ3) is 3.22. The molecule has 3 aromatic rings. The number of hydrogen-bond donors (Lipinski definition) is 0. The van der Waals surface area contributed by atoms with Crippen molar-refractivity contribution in [2.45, 2.75) is 12.3 Å². The minimum absolute atomic E-state index is 0.0874. The van der Waals surface area contributed by atoms with E-state index in [9.17, 15) is 18.0 Å². The molecule has 0 saturated carbocycles. The fourth-order valence-electron chi connectivity index (χ4n) is 2.61. The van der Waals surface area contributed by atoms with E-state index in [1.807, 2.05) is 24.3 Å². The number of aromatic nitrogens is 2. The number of alkyl halides is 3. The van der Waals surface area contributed by atoms with Crippen molar-refractivity contribution in [3.8, 4) is 5.75 Å². The highest BCUT2D eigenvalue weighted by molar-refractivity contribution is 7.20. The predicted molar refractivity (Wildman–Crippen MR) is 89.2 cm³/mol. The van der Waals surface area contributed by atoms with Gasteiger partial charge in [0.25, 0.3) is 5.91 Å². The van der Waals surface area contributed by atoms with Crippen LogP contribution in [0.5, 0.6) is 5.75 Å². The number of nitrogens with zero attached hydrogens (tertiary/aromatic N) is 3. The average molecular weight is 379 g/mol. The number of carbonyl (C=O) groups excluding carboxylic acids is 1. The molecule has 9 heteroatoms. The van der Waals surface area contributed by atoms with Gasteiger partial charge in [0.15, 0.2) is 5.01 Å². The molecule has 5 nitrogen and oxygen atoms in total.